The molecule has 1 fully saturated rings. The van der Waals surface area contributed by atoms with Crippen LogP contribution in [0.15, 0.2) is 18.2 Å². The smallest absolute Gasteiger partial charge is 0.160 e. The molecule has 0 spiro atoms. The second-order valence-electron chi connectivity index (χ2n) is 5.62. The number of hydrogen-bond donors (Lipinski definition) is 1. The summed E-state index contributed by atoms with van der Waals surface area (Å²) in [5.74, 6) is 0.592. The Morgan fingerprint density at radius 1 is 1.35 bits per heavy atom. The molecule has 4 heteroatoms. The lowest BCUT2D eigenvalue weighted by Crippen LogP contribution is -2.49. The van der Waals surface area contributed by atoms with Gasteiger partial charge in [-0.25, -0.2) is 0 Å². The summed E-state index contributed by atoms with van der Waals surface area (Å²) in [6, 6.07) is 7.77. The van der Waals surface area contributed by atoms with Gasteiger partial charge in [-0.15, -0.1) is 0 Å². The van der Waals surface area contributed by atoms with Crippen LogP contribution in [0.2, 0.25) is 0 Å². The van der Waals surface area contributed by atoms with Crippen LogP contribution in [-0.2, 0) is 6.42 Å². The van der Waals surface area contributed by atoms with E-state index in [9.17, 15) is 10.4 Å². The molecule has 108 valence electrons. The van der Waals surface area contributed by atoms with Crippen LogP contribution >= 0.6 is 0 Å². The van der Waals surface area contributed by atoms with Crippen LogP contribution in [0.1, 0.15) is 31.7 Å². The molecular formula is C16H22N2O2. The lowest BCUT2D eigenvalue weighted by Gasteiger charge is -2.38. The van der Waals surface area contributed by atoms with Crippen LogP contribution < -0.4 is 4.74 Å². The van der Waals surface area contributed by atoms with Gasteiger partial charge in [-0.3, -0.25) is 4.90 Å². The van der Waals surface area contributed by atoms with Crippen LogP contribution in [0.5, 0.6) is 11.5 Å². The van der Waals surface area contributed by atoms with Crippen molar-refractivity contribution < 1.29 is 9.84 Å². The molecular weight excluding hydrogens is 252 g/mol. The van der Waals surface area contributed by atoms with Gasteiger partial charge in [0.25, 0.3) is 0 Å². The molecule has 4 nitrogen and oxygen atoms in total. The van der Waals surface area contributed by atoms with E-state index in [4.69, 9.17) is 4.74 Å². The number of phenols is 1. The molecule has 1 heterocycles. The molecule has 20 heavy (non-hydrogen) atoms. The highest BCUT2D eigenvalue weighted by Crippen LogP contribution is 2.30. The number of likely N-dealkylation sites (tertiary alicyclic amines) is 1. The van der Waals surface area contributed by atoms with Gasteiger partial charge >= 0.3 is 0 Å². The first-order valence-electron chi connectivity index (χ1n) is 7.11. The van der Waals surface area contributed by atoms with Crippen LogP contribution in [-0.4, -0.2) is 35.7 Å². The topological polar surface area (TPSA) is 56.5 Å². The third-order valence-corrected chi connectivity index (χ3v) is 4.09. The number of aromatic hydroxyl groups is 1. The van der Waals surface area contributed by atoms with Gasteiger partial charge in [-0.05, 0) is 50.6 Å². The molecule has 1 saturated heterocycles. The summed E-state index contributed by atoms with van der Waals surface area (Å²) >= 11 is 0. The molecule has 0 aliphatic carbocycles. The fraction of sp³-hybridized carbons (Fsp3) is 0.562. The number of benzene rings is 1. The van der Waals surface area contributed by atoms with Crippen LogP contribution in [0.25, 0.3) is 0 Å². The molecule has 1 aromatic rings. The summed E-state index contributed by atoms with van der Waals surface area (Å²) in [7, 11) is 1.53. The summed E-state index contributed by atoms with van der Waals surface area (Å²) in [6.45, 7) is 3.97. The Morgan fingerprint density at radius 3 is 2.65 bits per heavy atom. The Hall–Kier alpha value is -1.73. The number of nitriles is 1. The highest BCUT2D eigenvalue weighted by molar-refractivity contribution is 5.42. The Labute approximate surface area is 120 Å². The summed E-state index contributed by atoms with van der Waals surface area (Å²) < 4.78 is 5.13. The van der Waals surface area contributed by atoms with E-state index in [-0.39, 0.29) is 5.75 Å². The van der Waals surface area contributed by atoms with Crippen molar-refractivity contribution in [3.8, 4) is 17.6 Å². The van der Waals surface area contributed by atoms with Gasteiger partial charge in [0.1, 0.15) is 5.54 Å². The first-order valence-corrected chi connectivity index (χ1v) is 7.11. The molecule has 1 aliphatic heterocycles. The van der Waals surface area contributed by atoms with E-state index in [1.54, 1.807) is 6.07 Å². The monoisotopic (exact) mass is 274 g/mol. The lowest BCUT2D eigenvalue weighted by molar-refractivity contribution is 0.124. The molecule has 2 rings (SSSR count). The maximum absolute atomic E-state index is 9.64. The SMILES string of the molecule is COc1cc(CC(C)(C#N)N2CCCCC2)ccc1O. The Kier molecular flexibility index (Phi) is 4.51. The second-order valence-corrected chi connectivity index (χ2v) is 5.62. The Morgan fingerprint density at radius 2 is 2.05 bits per heavy atom. The number of piperidine rings is 1. The first-order chi connectivity index (χ1) is 9.59. The minimum Gasteiger partial charge on any atom is -0.504 e. The van der Waals surface area contributed by atoms with Crippen molar-refractivity contribution in [1.29, 1.82) is 5.26 Å². The van der Waals surface area contributed by atoms with Crippen molar-refractivity contribution in [2.24, 2.45) is 0 Å². The summed E-state index contributed by atoms with van der Waals surface area (Å²) in [6.07, 6.45) is 4.22. The van der Waals surface area contributed by atoms with Crippen LogP contribution in [0.3, 0.4) is 0 Å². The van der Waals surface area contributed by atoms with Gasteiger partial charge in [0.05, 0.1) is 13.2 Å². The first kappa shape index (κ1) is 14.7. The maximum atomic E-state index is 9.64. The van der Waals surface area contributed by atoms with Gasteiger partial charge in [0.15, 0.2) is 11.5 Å². The zero-order valence-corrected chi connectivity index (χ0v) is 12.2. The quantitative estimate of drug-likeness (QED) is 0.917. The number of rotatable bonds is 4. The van der Waals surface area contributed by atoms with E-state index in [0.717, 1.165) is 31.5 Å². The summed E-state index contributed by atoms with van der Waals surface area (Å²) in [4.78, 5) is 2.27. The number of phenolic OH excluding ortho intramolecular Hbond substituents is 1. The number of methoxy groups -OCH3 is 1. The van der Waals surface area contributed by atoms with Gasteiger partial charge in [0.2, 0.25) is 0 Å². The second kappa shape index (κ2) is 6.15. The summed E-state index contributed by atoms with van der Waals surface area (Å²) in [5, 5.41) is 19.2. The van der Waals surface area contributed by atoms with Crippen molar-refractivity contribution in [3.63, 3.8) is 0 Å². The molecule has 0 radical (unpaired) electrons. The Balaban J connectivity index is 2.19. The van der Waals surface area contributed by atoms with E-state index < -0.39 is 5.54 Å². The lowest BCUT2D eigenvalue weighted by atomic mass is 9.90. The van der Waals surface area contributed by atoms with Crippen LogP contribution in [0.4, 0.5) is 0 Å². The predicted molar refractivity (Wildman–Crippen MR) is 77.8 cm³/mol. The molecule has 0 amide bonds. The maximum Gasteiger partial charge on any atom is 0.160 e. The van der Waals surface area contributed by atoms with E-state index in [0.29, 0.717) is 12.2 Å². The number of ether oxygens (including phenoxy) is 1. The molecule has 0 aromatic heterocycles. The molecule has 0 bridgehead atoms. The van der Waals surface area contributed by atoms with Crippen molar-refractivity contribution in [2.45, 2.75) is 38.1 Å². The highest BCUT2D eigenvalue weighted by atomic mass is 16.5. The minimum absolute atomic E-state index is 0.132. The highest BCUT2D eigenvalue weighted by Gasteiger charge is 2.33. The molecule has 0 saturated carbocycles. The zero-order chi connectivity index (χ0) is 14.6. The fourth-order valence-electron chi connectivity index (χ4n) is 2.84. The largest absolute Gasteiger partial charge is 0.504 e. The van der Waals surface area contributed by atoms with Gasteiger partial charge in [0, 0.05) is 6.42 Å². The van der Waals surface area contributed by atoms with Crippen molar-refractivity contribution >= 4 is 0 Å². The third-order valence-electron chi connectivity index (χ3n) is 4.09. The minimum atomic E-state index is -0.498. The van der Waals surface area contributed by atoms with E-state index in [2.05, 4.69) is 11.0 Å². The van der Waals surface area contributed by atoms with Gasteiger partial charge in [-0.1, -0.05) is 12.5 Å². The Bertz CT molecular complexity index is 504. The van der Waals surface area contributed by atoms with E-state index >= 15 is 0 Å². The molecule has 1 aromatic carbocycles. The van der Waals surface area contributed by atoms with Crippen LogP contribution in [0, 0.1) is 11.3 Å². The van der Waals surface area contributed by atoms with Crippen molar-refractivity contribution in [1.82, 2.24) is 4.90 Å². The normalized spacial score (nSPS) is 19.1. The average Bonchev–Trinajstić information content (AvgIpc) is 2.50. The molecule has 1 unspecified atom stereocenters. The van der Waals surface area contributed by atoms with Gasteiger partial charge in [-0.2, -0.15) is 5.26 Å². The average molecular weight is 274 g/mol. The van der Waals surface area contributed by atoms with E-state index in [1.165, 1.54) is 13.5 Å². The molecule has 1 N–H and O–H groups in total. The van der Waals surface area contributed by atoms with Crippen molar-refractivity contribution in [2.75, 3.05) is 20.2 Å². The molecule has 1 atom stereocenters. The standard InChI is InChI=1S/C16H22N2O2/c1-16(12-17,18-8-4-3-5-9-18)11-13-6-7-14(19)15(10-13)20-2/h6-7,10,19H,3-5,8-9,11H2,1-2H3. The zero-order valence-electron chi connectivity index (χ0n) is 12.2. The number of nitrogens with zero attached hydrogens (tertiary/aromatic N) is 2. The van der Waals surface area contributed by atoms with Gasteiger partial charge < -0.3 is 9.84 Å². The van der Waals surface area contributed by atoms with Crippen molar-refractivity contribution in [3.05, 3.63) is 23.8 Å². The third kappa shape index (κ3) is 3.05. The number of hydrogen-bond acceptors (Lipinski definition) is 4. The predicted octanol–water partition coefficient (Wildman–Crippen LogP) is 2.71. The fourth-order valence-corrected chi connectivity index (χ4v) is 2.84. The van der Waals surface area contributed by atoms with E-state index in [1.807, 2.05) is 19.1 Å². The molecule has 1 aliphatic rings. The summed E-state index contributed by atoms with van der Waals surface area (Å²) in [5.41, 5.74) is 0.511.